The molecule has 6 rings (SSSR count). The van der Waals surface area contributed by atoms with Crippen LogP contribution in [0.25, 0.3) is 20.1 Å². The van der Waals surface area contributed by atoms with Crippen molar-refractivity contribution in [2.75, 3.05) is 32.8 Å². The first-order valence-corrected chi connectivity index (χ1v) is 12.7. The molecule has 9 heteroatoms. The lowest BCUT2D eigenvalue weighted by molar-refractivity contribution is -0.142. The van der Waals surface area contributed by atoms with Crippen LogP contribution in [-0.4, -0.2) is 65.5 Å². The Hall–Kier alpha value is -3.43. The summed E-state index contributed by atoms with van der Waals surface area (Å²) in [5.41, 5.74) is 0.973. The largest absolute Gasteiger partial charge is 0.485 e. The standard InChI is InChI=1S/C25H21N3O4S2/c29-24(19-15-31-17-6-2-3-7-18(17)32-19)27-11-13-28(14-12-27)25(30)22-10-9-21(33-22)23-26-16-5-1-4-8-20(16)34-23/h1-10,19H,11-15H2/t19-/m1/s1. The first-order chi connectivity index (χ1) is 16.7. The minimum atomic E-state index is -0.661. The van der Waals surface area contributed by atoms with Gasteiger partial charge < -0.3 is 19.3 Å². The molecule has 2 aromatic heterocycles. The molecular formula is C25H21N3O4S2. The van der Waals surface area contributed by atoms with Gasteiger partial charge in [0.15, 0.2) is 11.5 Å². The molecule has 2 aliphatic rings. The maximum Gasteiger partial charge on any atom is 0.267 e. The van der Waals surface area contributed by atoms with Crippen molar-refractivity contribution in [2.24, 2.45) is 0 Å². The lowest BCUT2D eigenvalue weighted by Crippen LogP contribution is -2.55. The molecule has 172 valence electrons. The van der Waals surface area contributed by atoms with Gasteiger partial charge in [-0.2, -0.15) is 0 Å². The SMILES string of the molecule is O=C(c1ccc(-c2nc3ccccc3s2)s1)N1CCN(C(=O)[C@H]2COc3ccccc3O2)CC1. The summed E-state index contributed by atoms with van der Waals surface area (Å²) in [6.45, 7) is 2.12. The second kappa shape index (κ2) is 8.73. The van der Waals surface area contributed by atoms with Crippen LogP contribution in [0.15, 0.2) is 60.7 Å². The predicted octanol–water partition coefficient (Wildman–Crippen LogP) is 4.15. The van der Waals surface area contributed by atoms with E-state index in [2.05, 4.69) is 6.07 Å². The van der Waals surface area contributed by atoms with Crippen LogP contribution in [0.2, 0.25) is 0 Å². The number of ether oxygens (including phenoxy) is 2. The summed E-state index contributed by atoms with van der Waals surface area (Å²) in [5.74, 6) is 1.14. The molecule has 1 saturated heterocycles. The Morgan fingerprint density at radius 2 is 1.59 bits per heavy atom. The van der Waals surface area contributed by atoms with Gasteiger partial charge in [0, 0.05) is 26.2 Å². The van der Waals surface area contributed by atoms with Gasteiger partial charge in [-0.1, -0.05) is 24.3 Å². The van der Waals surface area contributed by atoms with Crippen molar-refractivity contribution < 1.29 is 19.1 Å². The van der Waals surface area contributed by atoms with Crippen LogP contribution in [0.4, 0.5) is 0 Å². The second-order valence-corrected chi connectivity index (χ2v) is 10.2. The van der Waals surface area contributed by atoms with Crippen molar-refractivity contribution in [3.05, 3.63) is 65.5 Å². The minimum absolute atomic E-state index is 0.00404. The zero-order valence-corrected chi connectivity index (χ0v) is 19.8. The summed E-state index contributed by atoms with van der Waals surface area (Å²) in [7, 11) is 0. The van der Waals surface area contributed by atoms with E-state index in [1.165, 1.54) is 11.3 Å². The molecule has 4 heterocycles. The molecule has 7 nitrogen and oxygen atoms in total. The number of para-hydroxylation sites is 3. The number of thiophene rings is 1. The van der Waals surface area contributed by atoms with E-state index >= 15 is 0 Å². The highest BCUT2D eigenvalue weighted by Crippen LogP contribution is 2.35. The van der Waals surface area contributed by atoms with Gasteiger partial charge in [-0.3, -0.25) is 9.59 Å². The van der Waals surface area contributed by atoms with E-state index in [4.69, 9.17) is 14.5 Å². The molecule has 0 bridgehead atoms. The average Bonchev–Trinajstić information content (AvgIpc) is 3.55. The highest BCUT2D eigenvalue weighted by Gasteiger charge is 2.33. The van der Waals surface area contributed by atoms with E-state index in [1.54, 1.807) is 22.3 Å². The number of carbonyl (C=O) groups is 2. The number of fused-ring (bicyclic) bond motifs is 2. The van der Waals surface area contributed by atoms with E-state index in [1.807, 2.05) is 53.4 Å². The Morgan fingerprint density at radius 1 is 0.853 bits per heavy atom. The molecule has 0 spiro atoms. The third-order valence-corrected chi connectivity index (χ3v) is 8.26. The van der Waals surface area contributed by atoms with Gasteiger partial charge >= 0.3 is 0 Å². The number of hydrogen-bond donors (Lipinski definition) is 0. The van der Waals surface area contributed by atoms with E-state index in [0.29, 0.717) is 42.6 Å². The van der Waals surface area contributed by atoms with Crippen LogP contribution in [0.1, 0.15) is 9.67 Å². The normalized spacial score (nSPS) is 17.7. The first kappa shape index (κ1) is 21.1. The van der Waals surface area contributed by atoms with Crippen LogP contribution in [0, 0.1) is 0 Å². The molecule has 1 fully saturated rings. The average molecular weight is 492 g/mol. The number of benzene rings is 2. The summed E-state index contributed by atoms with van der Waals surface area (Å²) >= 11 is 3.10. The predicted molar refractivity (Wildman–Crippen MR) is 132 cm³/mol. The van der Waals surface area contributed by atoms with Crippen LogP contribution >= 0.6 is 22.7 Å². The fourth-order valence-corrected chi connectivity index (χ4v) is 6.17. The van der Waals surface area contributed by atoms with Crippen LogP contribution in [0.3, 0.4) is 0 Å². The van der Waals surface area contributed by atoms with E-state index < -0.39 is 6.10 Å². The quantitative estimate of drug-likeness (QED) is 0.431. The summed E-state index contributed by atoms with van der Waals surface area (Å²) in [4.78, 5) is 36.0. The Bertz CT molecular complexity index is 1340. The van der Waals surface area contributed by atoms with Crippen molar-refractivity contribution in [3.63, 3.8) is 0 Å². The number of rotatable bonds is 3. The molecule has 2 aromatic carbocycles. The van der Waals surface area contributed by atoms with Gasteiger partial charge in [-0.05, 0) is 36.4 Å². The molecule has 2 aliphatic heterocycles. The highest BCUT2D eigenvalue weighted by atomic mass is 32.1. The zero-order valence-electron chi connectivity index (χ0n) is 18.2. The molecule has 4 aromatic rings. The van der Waals surface area contributed by atoms with Crippen molar-refractivity contribution >= 4 is 44.7 Å². The Balaban J connectivity index is 1.08. The maximum absolute atomic E-state index is 13.1. The van der Waals surface area contributed by atoms with Gasteiger partial charge in [-0.25, -0.2) is 4.98 Å². The summed E-state index contributed by atoms with van der Waals surface area (Å²) < 4.78 is 12.7. The topological polar surface area (TPSA) is 72.0 Å². The van der Waals surface area contributed by atoms with Gasteiger partial charge in [-0.15, -0.1) is 22.7 Å². The minimum Gasteiger partial charge on any atom is -0.485 e. The van der Waals surface area contributed by atoms with Gasteiger partial charge in [0.05, 0.1) is 20.0 Å². The fourth-order valence-electron chi connectivity index (χ4n) is 4.18. The first-order valence-electron chi connectivity index (χ1n) is 11.1. The Kier molecular flexibility index (Phi) is 5.43. The zero-order chi connectivity index (χ0) is 23.1. The summed E-state index contributed by atoms with van der Waals surface area (Å²) in [6.07, 6.45) is -0.661. The number of nitrogens with zero attached hydrogens (tertiary/aromatic N) is 3. The lowest BCUT2D eigenvalue weighted by Gasteiger charge is -2.37. The molecule has 1 atom stereocenters. The Morgan fingerprint density at radius 3 is 2.41 bits per heavy atom. The molecule has 0 N–H and O–H groups in total. The second-order valence-electron chi connectivity index (χ2n) is 8.13. The third-order valence-electron chi connectivity index (χ3n) is 5.98. The van der Waals surface area contributed by atoms with Crippen molar-refractivity contribution in [1.29, 1.82) is 0 Å². The molecule has 2 amide bonds. The maximum atomic E-state index is 13.1. The summed E-state index contributed by atoms with van der Waals surface area (Å²) in [5, 5.41) is 0.928. The van der Waals surface area contributed by atoms with Crippen LogP contribution in [0.5, 0.6) is 11.5 Å². The Labute approximate surface area is 204 Å². The number of aromatic nitrogens is 1. The van der Waals surface area contributed by atoms with Crippen molar-refractivity contribution in [2.45, 2.75) is 6.10 Å². The molecule has 0 unspecified atom stereocenters. The summed E-state index contributed by atoms with van der Waals surface area (Å²) in [6, 6.07) is 19.2. The van der Waals surface area contributed by atoms with E-state index in [-0.39, 0.29) is 18.4 Å². The van der Waals surface area contributed by atoms with Gasteiger partial charge in [0.2, 0.25) is 6.10 Å². The fraction of sp³-hybridized carbons (Fsp3) is 0.240. The molecular weight excluding hydrogens is 470 g/mol. The number of piperazine rings is 1. The van der Waals surface area contributed by atoms with Crippen LogP contribution in [-0.2, 0) is 4.79 Å². The smallest absolute Gasteiger partial charge is 0.267 e. The van der Waals surface area contributed by atoms with E-state index in [0.717, 1.165) is 20.1 Å². The lowest BCUT2D eigenvalue weighted by atomic mass is 10.2. The third kappa shape index (κ3) is 3.91. The molecule has 0 saturated carbocycles. The van der Waals surface area contributed by atoms with Crippen LogP contribution < -0.4 is 9.47 Å². The monoisotopic (exact) mass is 491 g/mol. The van der Waals surface area contributed by atoms with Crippen molar-refractivity contribution in [1.82, 2.24) is 14.8 Å². The molecule has 0 radical (unpaired) electrons. The highest BCUT2D eigenvalue weighted by molar-refractivity contribution is 7.26. The number of thiazole rings is 1. The number of amides is 2. The van der Waals surface area contributed by atoms with E-state index in [9.17, 15) is 9.59 Å². The molecule has 0 aliphatic carbocycles. The van der Waals surface area contributed by atoms with Gasteiger partial charge in [0.1, 0.15) is 11.6 Å². The van der Waals surface area contributed by atoms with Gasteiger partial charge in [0.25, 0.3) is 11.8 Å². The van der Waals surface area contributed by atoms with Crippen molar-refractivity contribution in [3.8, 4) is 21.4 Å². The number of hydrogen-bond acceptors (Lipinski definition) is 7. The molecule has 34 heavy (non-hydrogen) atoms. The number of carbonyl (C=O) groups excluding carboxylic acids is 2.